The van der Waals surface area contributed by atoms with Crippen LogP contribution in [0.15, 0.2) is 59.8 Å². The van der Waals surface area contributed by atoms with E-state index in [0.717, 1.165) is 24.0 Å². The molecule has 7 heteroatoms. The second kappa shape index (κ2) is 7.52. The monoisotopic (exact) mass is 382 g/mol. The van der Waals surface area contributed by atoms with Crippen molar-refractivity contribution in [3.63, 3.8) is 0 Å². The highest BCUT2D eigenvalue weighted by Gasteiger charge is 2.30. The van der Waals surface area contributed by atoms with Gasteiger partial charge < -0.3 is 9.88 Å². The number of halogens is 1. The van der Waals surface area contributed by atoms with Gasteiger partial charge in [-0.25, -0.2) is 4.39 Å². The van der Waals surface area contributed by atoms with Crippen LogP contribution in [0.4, 0.5) is 4.39 Å². The number of benzene rings is 2. The van der Waals surface area contributed by atoms with E-state index in [0.29, 0.717) is 17.0 Å². The molecule has 1 heterocycles. The Morgan fingerprint density at radius 2 is 1.85 bits per heavy atom. The summed E-state index contributed by atoms with van der Waals surface area (Å²) in [7, 11) is 1.85. The Balaban J connectivity index is 1.61. The minimum absolute atomic E-state index is 0.0139. The first-order valence-corrected chi connectivity index (χ1v) is 9.67. The van der Waals surface area contributed by atoms with Crippen molar-refractivity contribution in [3.8, 4) is 11.4 Å². The van der Waals surface area contributed by atoms with Crippen molar-refractivity contribution < 1.29 is 9.18 Å². The topological polar surface area (TPSA) is 59.8 Å². The fourth-order valence-corrected chi connectivity index (χ4v) is 3.79. The normalized spacial score (nSPS) is 14.7. The summed E-state index contributed by atoms with van der Waals surface area (Å²) in [5.41, 5.74) is 1.70. The van der Waals surface area contributed by atoms with Crippen molar-refractivity contribution in [2.24, 2.45) is 7.05 Å². The molecular weight excluding hydrogens is 363 g/mol. The van der Waals surface area contributed by atoms with Gasteiger partial charge in [0.15, 0.2) is 11.0 Å². The Morgan fingerprint density at radius 3 is 2.52 bits per heavy atom. The number of hydrogen-bond donors (Lipinski definition) is 1. The molecular formula is C20H19FN4OS. The Kier molecular flexibility index (Phi) is 4.94. The minimum atomic E-state index is -0.407. The van der Waals surface area contributed by atoms with E-state index in [-0.39, 0.29) is 11.7 Å². The number of aromatic nitrogens is 3. The molecule has 27 heavy (non-hydrogen) atoms. The largest absolute Gasteiger partial charge is 0.352 e. The van der Waals surface area contributed by atoms with Gasteiger partial charge in [0.25, 0.3) is 0 Å². The summed E-state index contributed by atoms with van der Waals surface area (Å²) in [5, 5.41) is 11.8. The third kappa shape index (κ3) is 4.03. The summed E-state index contributed by atoms with van der Waals surface area (Å²) in [6.45, 7) is 0. The van der Waals surface area contributed by atoms with Gasteiger partial charge in [0.2, 0.25) is 5.91 Å². The van der Waals surface area contributed by atoms with Gasteiger partial charge in [-0.2, -0.15) is 0 Å². The van der Waals surface area contributed by atoms with Crippen molar-refractivity contribution in [2.75, 3.05) is 0 Å². The molecule has 0 spiro atoms. The van der Waals surface area contributed by atoms with Gasteiger partial charge in [-0.1, -0.05) is 42.1 Å². The quantitative estimate of drug-likeness (QED) is 0.660. The maximum absolute atomic E-state index is 13.2. The molecule has 1 amide bonds. The molecule has 0 saturated heterocycles. The van der Waals surface area contributed by atoms with Crippen molar-refractivity contribution in [1.29, 1.82) is 0 Å². The second-order valence-corrected chi connectivity index (χ2v) is 7.64. The average molecular weight is 382 g/mol. The first-order chi connectivity index (χ1) is 13.1. The molecule has 1 aromatic heterocycles. The molecule has 1 N–H and O–H groups in total. The zero-order valence-electron chi connectivity index (χ0n) is 14.8. The summed E-state index contributed by atoms with van der Waals surface area (Å²) in [4.78, 5) is 12.8. The molecule has 0 unspecified atom stereocenters. The molecule has 0 aliphatic heterocycles. The van der Waals surface area contributed by atoms with Gasteiger partial charge in [0.1, 0.15) is 11.1 Å². The highest BCUT2D eigenvalue weighted by molar-refractivity contribution is 8.00. The summed E-state index contributed by atoms with van der Waals surface area (Å²) < 4.78 is 15.0. The summed E-state index contributed by atoms with van der Waals surface area (Å²) in [6.07, 6.45) is 2.08. The SMILES string of the molecule is Cn1c(S[C@H](C(=O)NC2CC2)c2ccccc2)nnc1-c1ccc(F)cc1. The highest BCUT2D eigenvalue weighted by Crippen LogP contribution is 2.36. The van der Waals surface area contributed by atoms with E-state index >= 15 is 0 Å². The van der Waals surface area contributed by atoms with Gasteiger partial charge in [-0.15, -0.1) is 10.2 Å². The third-order valence-corrected chi connectivity index (χ3v) is 5.71. The minimum Gasteiger partial charge on any atom is -0.352 e. The van der Waals surface area contributed by atoms with Crippen LogP contribution in [0.2, 0.25) is 0 Å². The predicted octanol–water partition coefficient (Wildman–Crippen LogP) is 3.73. The molecule has 1 fully saturated rings. The van der Waals surface area contributed by atoms with E-state index in [1.165, 1.54) is 23.9 Å². The van der Waals surface area contributed by atoms with Crippen LogP contribution in [0.3, 0.4) is 0 Å². The van der Waals surface area contributed by atoms with Crippen LogP contribution in [0.5, 0.6) is 0 Å². The standard InChI is InChI=1S/C20H19FN4OS/c1-25-18(14-7-9-15(21)10-8-14)23-24-20(25)27-17(13-5-3-2-4-6-13)19(26)22-16-11-12-16/h2-10,16-17H,11-12H2,1H3,(H,22,26)/t17-/m0/s1. The van der Waals surface area contributed by atoms with Crippen LogP contribution in [0, 0.1) is 5.82 Å². The predicted molar refractivity (Wildman–Crippen MR) is 103 cm³/mol. The van der Waals surface area contributed by atoms with E-state index in [2.05, 4.69) is 15.5 Å². The molecule has 5 nitrogen and oxygen atoms in total. The zero-order chi connectivity index (χ0) is 18.8. The third-order valence-electron chi connectivity index (χ3n) is 4.42. The van der Waals surface area contributed by atoms with Crippen molar-refractivity contribution in [1.82, 2.24) is 20.1 Å². The number of nitrogens with one attached hydrogen (secondary N) is 1. The molecule has 4 rings (SSSR count). The molecule has 1 aliphatic rings. The van der Waals surface area contributed by atoms with Crippen LogP contribution in [0.25, 0.3) is 11.4 Å². The van der Waals surface area contributed by atoms with Gasteiger partial charge >= 0.3 is 0 Å². The average Bonchev–Trinajstić information content (AvgIpc) is 3.42. The van der Waals surface area contributed by atoms with E-state index < -0.39 is 5.25 Å². The number of hydrogen-bond acceptors (Lipinski definition) is 4. The smallest absolute Gasteiger partial charge is 0.238 e. The Hall–Kier alpha value is -2.67. The lowest BCUT2D eigenvalue weighted by Crippen LogP contribution is -2.29. The number of amides is 1. The number of rotatable bonds is 6. The Bertz CT molecular complexity index is 938. The van der Waals surface area contributed by atoms with Crippen LogP contribution in [-0.2, 0) is 11.8 Å². The number of thioether (sulfide) groups is 1. The van der Waals surface area contributed by atoms with Crippen molar-refractivity contribution >= 4 is 17.7 Å². The molecule has 0 bridgehead atoms. The van der Waals surface area contributed by atoms with Crippen LogP contribution in [0.1, 0.15) is 23.7 Å². The Labute approximate surface area is 161 Å². The molecule has 0 radical (unpaired) electrons. The first-order valence-electron chi connectivity index (χ1n) is 8.79. The maximum atomic E-state index is 13.2. The fourth-order valence-electron chi connectivity index (χ4n) is 2.78. The van der Waals surface area contributed by atoms with Crippen molar-refractivity contribution in [3.05, 3.63) is 66.0 Å². The first kappa shape index (κ1) is 17.7. The number of nitrogens with zero attached hydrogens (tertiary/aromatic N) is 3. The van der Waals surface area contributed by atoms with E-state index in [1.54, 1.807) is 12.1 Å². The number of carbonyl (C=O) groups excluding carboxylic acids is 1. The zero-order valence-corrected chi connectivity index (χ0v) is 15.6. The van der Waals surface area contributed by atoms with Gasteiger partial charge in [0, 0.05) is 18.7 Å². The Morgan fingerprint density at radius 1 is 1.15 bits per heavy atom. The van der Waals surface area contributed by atoms with Gasteiger partial charge in [0.05, 0.1) is 0 Å². The van der Waals surface area contributed by atoms with Crippen LogP contribution >= 0.6 is 11.8 Å². The fraction of sp³-hybridized carbons (Fsp3) is 0.250. The van der Waals surface area contributed by atoms with Gasteiger partial charge in [-0.3, -0.25) is 4.79 Å². The lowest BCUT2D eigenvalue weighted by molar-refractivity contribution is -0.120. The van der Waals surface area contributed by atoms with Crippen molar-refractivity contribution in [2.45, 2.75) is 29.3 Å². The van der Waals surface area contributed by atoms with Crippen LogP contribution < -0.4 is 5.32 Å². The number of carbonyl (C=O) groups is 1. The molecule has 138 valence electrons. The lowest BCUT2D eigenvalue weighted by atomic mass is 10.1. The molecule has 3 aromatic rings. The summed E-state index contributed by atoms with van der Waals surface area (Å²) >= 11 is 1.37. The molecule has 1 atom stereocenters. The molecule has 1 aliphatic carbocycles. The highest BCUT2D eigenvalue weighted by atomic mass is 32.2. The van der Waals surface area contributed by atoms with Gasteiger partial charge in [-0.05, 0) is 42.7 Å². The van der Waals surface area contributed by atoms with Crippen LogP contribution in [-0.4, -0.2) is 26.7 Å². The molecule has 2 aromatic carbocycles. The second-order valence-electron chi connectivity index (χ2n) is 6.56. The van der Waals surface area contributed by atoms with E-state index in [1.807, 2.05) is 41.9 Å². The molecule has 1 saturated carbocycles. The summed E-state index contributed by atoms with van der Waals surface area (Å²) in [6, 6.07) is 16.1. The maximum Gasteiger partial charge on any atom is 0.238 e. The van der Waals surface area contributed by atoms with E-state index in [9.17, 15) is 9.18 Å². The lowest BCUT2D eigenvalue weighted by Gasteiger charge is -2.16. The van der Waals surface area contributed by atoms with E-state index in [4.69, 9.17) is 0 Å². The summed E-state index contributed by atoms with van der Waals surface area (Å²) in [5.74, 6) is 0.323.